The van der Waals surface area contributed by atoms with Crippen LogP contribution in [0.2, 0.25) is 0 Å². The van der Waals surface area contributed by atoms with Gasteiger partial charge in [0.1, 0.15) is 12.4 Å². The van der Waals surface area contributed by atoms with E-state index >= 15 is 0 Å². The molecule has 0 bridgehead atoms. The molecule has 23 heavy (non-hydrogen) atoms. The van der Waals surface area contributed by atoms with Crippen LogP contribution in [0.5, 0.6) is 0 Å². The normalized spacial score (nSPS) is 28.6. The predicted molar refractivity (Wildman–Crippen MR) is 87.3 cm³/mol. The molecule has 2 fully saturated rings. The van der Waals surface area contributed by atoms with Crippen LogP contribution in [-0.4, -0.2) is 46.1 Å². The lowest BCUT2D eigenvalue weighted by Gasteiger charge is -2.38. The lowest BCUT2D eigenvalue weighted by Crippen LogP contribution is -2.55. The first kappa shape index (κ1) is 16.1. The molecule has 1 aliphatic carbocycles. The van der Waals surface area contributed by atoms with Crippen molar-refractivity contribution in [3.8, 4) is 0 Å². The van der Waals surface area contributed by atoms with Gasteiger partial charge in [0, 0.05) is 31.2 Å². The summed E-state index contributed by atoms with van der Waals surface area (Å²) in [5.74, 6) is 0.565. The number of nitro groups is 1. The zero-order valence-electron chi connectivity index (χ0n) is 13.2. The summed E-state index contributed by atoms with van der Waals surface area (Å²) in [5, 5.41) is 14.4. The fraction of sp³-hybridized carbons (Fsp3) is 0.733. The van der Waals surface area contributed by atoms with Crippen molar-refractivity contribution in [1.29, 1.82) is 0 Å². The molecule has 2 heterocycles. The number of piperidine rings is 1. The van der Waals surface area contributed by atoms with Gasteiger partial charge in [0.15, 0.2) is 0 Å². The van der Waals surface area contributed by atoms with Gasteiger partial charge in [-0.2, -0.15) is 0 Å². The van der Waals surface area contributed by atoms with Crippen molar-refractivity contribution >= 4 is 11.6 Å². The van der Waals surface area contributed by atoms with Crippen LogP contribution in [0.3, 0.4) is 0 Å². The van der Waals surface area contributed by atoms with E-state index in [4.69, 9.17) is 5.73 Å². The number of rotatable bonds is 4. The Balaban J connectivity index is 1.60. The second kappa shape index (κ2) is 7.18. The van der Waals surface area contributed by atoms with Gasteiger partial charge in [0.05, 0.1) is 4.92 Å². The summed E-state index contributed by atoms with van der Waals surface area (Å²) in [6.45, 7) is 1.70. The van der Waals surface area contributed by atoms with Crippen LogP contribution in [0, 0.1) is 10.1 Å². The summed E-state index contributed by atoms with van der Waals surface area (Å²) < 4.78 is 0. The summed E-state index contributed by atoms with van der Waals surface area (Å²) in [5.41, 5.74) is 6.15. The molecule has 0 aromatic carbocycles. The van der Waals surface area contributed by atoms with Crippen LogP contribution in [0.15, 0.2) is 12.4 Å². The molecule has 0 amide bonds. The number of anilines is 1. The molecule has 1 aromatic heterocycles. The Labute approximate surface area is 135 Å². The second-order valence-electron chi connectivity index (χ2n) is 6.51. The summed E-state index contributed by atoms with van der Waals surface area (Å²) in [6, 6.07) is 1.01. The second-order valence-corrected chi connectivity index (χ2v) is 6.51. The van der Waals surface area contributed by atoms with E-state index in [2.05, 4.69) is 20.2 Å². The van der Waals surface area contributed by atoms with Crippen molar-refractivity contribution in [3.05, 3.63) is 22.5 Å². The van der Waals surface area contributed by atoms with E-state index in [1.807, 2.05) is 0 Å². The smallest absolute Gasteiger partial charge is 0.305 e. The van der Waals surface area contributed by atoms with Crippen molar-refractivity contribution in [3.63, 3.8) is 0 Å². The molecule has 0 radical (unpaired) electrons. The first-order chi connectivity index (χ1) is 11.1. The maximum Gasteiger partial charge on any atom is 0.305 e. The standard InChI is InChI=1S/C15H24N6O2/c16-13-5-1-2-6-14(13)19-11-4-3-7-20(10-11)15-17-8-12(9-18-15)21(22)23/h8-9,11,13-14,19H,1-7,10,16H2/t11-,13+,14+/m0/s1. The summed E-state index contributed by atoms with van der Waals surface area (Å²) in [6.07, 6.45) is 9.44. The minimum Gasteiger partial charge on any atom is -0.339 e. The summed E-state index contributed by atoms with van der Waals surface area (Å²) in [7, 11) is 0. The van der Waals surface area contributed by atoms with Crippen LogP contribution >= 0.6 is 0 Å². The fourth-order valence-corrected chi connectivity index (χ4v) is 3.54. The number of nitrogens with one attached hydrogen (secondary N) is 1. The van der Waals surface area contributed by atoms with Gasteiger partial charge in [-0.05, 0) is 25.7 Å². The molecule has 1 aromatic rings. The minimum atomic E-state index is -0.477. The number of hydrogen-bond acceptors (Lipinski definition) is 7. The van der Waals surface area contributed by atoms with Gasteiger partial charge in [0.25, 0.3) is 0 Å². The predicted octanol–water partition coefficient (Wildman–Crippen LogP) is 1.21. The van der Waals surface area contributed by atoms with Crippen molar-refractivity contribution in [2.75, 3.05) is 18.0 Å². The molecular formula is C15H24N6O2. The van der Waals surface area contributed by atoms with Crippen molar-refractivity contribution in [1.82, 2.24) is 15.3 Å². The van der Waals surface area contributed by atoms with E-state index in [-0.39, 0.29) is 11.7 Å². The van der Waals surface area contributed by atoms with Gasteiger partial charge < -0.3 is 16.0 Å². The molecule has 2 aliphatic rings. The van der Waals surface area contributed by atoms with E-state index in [1.54, 1.807) is 0 Å². The molecule has 1 saturated heterocycles. The lowest BCUT2D eigenvalue weighted by molar-refractivity contribution is -0.385. The van der Waals surface area contributed by atoms with E-state index in [1.165, 1.54) is 25.2 Å². The Morgan fingerprint density at radius 2 is 1.96 bits per heavy atom. The van der Waals surface area contributed by atoms with Crippen molar-refractivity contribution in [2.24, 2.45) is 5.73 Å². The average Bonchev–Trinajstić information content (AvgIpc) is 2.57. The van der Waals surface area contributed by atoms with Crippen LogP contribution < -0.4 is 16.0 Å². The molecule has 8 heteroatoms. The average molecular weight is 320 g/mol. The largest absolute Gasteiger partial charge is 0.339 e. The van der Waals surface area contributed by atoms with Gasteiger partial charge >= 0.3 is 5.69 Å². The van der Waals surface area contributed by atoms with E-state index in [0.717, 1.165) is 38.8 Å². The SMILES string of the molecule is N[C@@H]1CCCC[C@H]1N[C@H]1CCCN(c2ncc([N+](=O)[O-])cn2)C1. The zero-order valence-corrected chi connectivity index (χ0v) is 13.2. The van der Waals surface area contributed by atoms with E-state index < -0.39 is 4.92 Å². The van der Waals surface area contributed by atoms with Gasteiger partial charge in [0.2, 0.25) is 5.95 Å². The Morgan fingerprint density at radius 3 is 2.65 bits per heavy atom. The van der Waals surface area contributed by atoms with Crippen molar-refractivity contribution in [2.45, 2.75) is 56.7 Å². The lowest BCUT2D eigenvalue weighted by atomic mass is 9.90. The first-order valence-corrected chi connectivity index (χ1v) is 8.36. The molecule has 1 aliphatic heterocycles. The Hall–Kier alpha value is -1.80. The number of nitrogens with zero attached hydrogens (tertiary/aromatic N) is 4. The quantitative estimate of drug-likeness (QED) is 0.633. The Bertz CT molecular complexity index is 537. The molecule has 0 unspecified atom stereocenters. The molecule has 1 saturated carbocycles. The maximum absolute atomic E-state index is 10.7. The van der Waals surface area contributed by atoms with E-state index in [9.17, 15) is 10.1 Å². The third kappa shape index (κ3) is 3.94. The van der Waals surface area contributed by atoms with Crippen LogP contribution in [0.1, 0.15) is 38.5 Å². The molecular weight excluding hydrogens is 296 g/mol. The topological polar surface area (TPSA) is 110 Å². The number of nitrogens with two attached hydrogens (primary N) is 1. The third-order valence-corrected chi connectivity index (χ3v) is 4.81. The van der Waals surface area contributed by atoms with Gasteiger partial charge in [-0.1, -0.05) is 12.8 Å². The van der Waals surface area contributed by atoms with E-state index in [0.29, 0.717) is 18.0 Å². The third-order valence-electron chi connectivity index (χ3n) is 4.81. The molecule has 0 spiro atoms. The maximum atomic E-state index is 10.7. The Morgan fingerprint density at radius 1 is 1.22 bits per heavy atom. The highest BCUT2D eigenvalue weighted by Crippen LogP contribution is 2.21. The first-order valence-electron chi connectivity index (χ1n) is 8.36. The molecule has 126 valence electrons. The van der Waals surface area contributed by atoms with Crippen LogP contribution in [0.4, 0.5) is 11.6 Å². The number of hydrogen-bond donors (Lipinski definition) is 2. The highest BCUT2D eigenvalue weighted by Gasteiger charge is 2.28. The molecule has 3 atom stereocenters. The fourth-order valence-electron chi connectivity index (χ4n) is 3.54. The van der Waals surface area contributed by atoms with Crippen LogP contribution in [-0.2, 0) is 0 Å². The monoisotopic (exact) mass is 320 g/mol. The van der Waals surface area contributed by atoms with Crippen LogP contribution in [0.25, 0.3) is 0 Å². The minimum absolute atomic E-state index is 0.0754. The summed E-state index contributed by atoms with van der Waals surface area (Å²) in [4.78, 5) is 20.6. The zero-order chi connectivity index (χ0) is 16.2. The molecule has 8 nitrogen and oxygen atoms in total. The molecule has 3 N–H and O–H groups in total. The summed E-state index contributed by atoms with van der Waals surface area (Å²) >= 11 is 0. The van der Waals surface area contributed by atoms with Gasteiger partial charge in [-0.25, -0.2) is 9.97 Å². The number of aromatic nitrogens is 2. The highest BCUT2D eigenvalue weighted by molar-refractivity contribution is 5.34. The van der Waals surface area contributed by atoms with Gasteiger partial charge in [-0.3, -0.25) is 10.1 Å². The van der Waals surface area contributed by atoms with Crippen molar-refractivity contribution < 1.29 is 4.92 Å². The van der Waals surface area contributed by atoms with Gasteiger partial charge in [-0.15, -0.1) is 0 Å². The highest BCUT2D eigenvalue weighted by atomic mass is 16.6. The Kier molecular flexibility index (Phi) is 5.02. The molecule has 3 rings (SSSR count).